The molecule has 1 saturated carbocycles. The molecular weight excluding hydrogens is 174 g/mol. The average molecular weight is 192 g/mol. The van der Waals surface area contributed by atoms with Gasteiger partial charge in [0.15, 0.2) is 0 Å². The third-order valence-corrected chi connectivity index (χ3v) is 2.25. The summed E-state index contributed by atoms with van der Waals surface area (Å²) in [5.74, 6) is 0.861. The molecule has 4 heteroatoms. The second-order valence-corrected chi connectivity index (χ2v) is 3.80. The van der Waals surface area contributed by atoms with Crippen LogP contribution in [0.4, 0.5) is 8.78 Å². The Morgan fingerprint density at radius 3 is 2.69 bits per heavy atom. The van der Waals surface area contributed by atoms with Crippen LogP contribution < -0.4 is 5.32 Å². The first kappa shape index (κ1) is 10.9. The molecule has 0 aromatic heterocycles. The second kappa shape index (κ2) is 5.50. The third-order valence-electron chi connectivity index (χ3n) is 2.25. The van der Waals surface area contributed by atoms with Gasteiger partial charge >= 0.3 is 0 Å². The zero-order valence-corrected chi connectivity index (χ0v) is 8.10. The van der Waals surface area contributed by atoms with Crippen LogP contribution in [0.3, 0.4) is 0 Å². The monoisotopic (exact) mass is 192 g/mol. The molecule has 2 nitrogen and oxygen atoms in total. The topological polar surface area (TPSA) is 15.3 Å². The third kappa shape index (κ3) is 5.93. The number of likely N-dealkylation sites (N-methyl/N-ethyl adjacent to an activating group) is 1. The van der Waals surface area contributed by atoms with E-state index >= 15 is 0 Å². The summed E-state index contributed by atoms with van der Waals surface area (Å²) in [5, 5.41) is 3.26. The number of hydrogen-bond donors (Lipinski definition) is 1. The van der Waals surface area contributed by atoms with Crippen LogP contribution in [-0.2, 0) is 0 Å². The van der Waals surface area contributed by atoms with Crippen LogP contribution in [0.1, 0.15) is 12.8 Å². The van der Waals surface area contributed by atoms with Gasteiger partial charge in [-0.05, 0) is 32.4 Å². The molecule has 78 valence electrons. The minimum atomic E-state index is -2.21. The van der Waals surface area contributed by atoms with Gasteiger partial charge in [0.25, 0.3) is 6.43 Å². The van der Waals surface area contributed by atoms with Gasteiger partial charge in [-0.1, -0.05) is 0 Å². The molecule has 0 saturated heterocycles. The molecule has 0 radical (unpaired) electrons. The number of halogens is 2. The minimum absolute atomic E-state index is 0.120. The van der Waals surface area contributed by atoms with Gasteiger partial charge < -0.3 is 5.32 Å². The standard InChI is InChI=1S/C9H18F2N2/c1-13(7-9(10)11)5-4-12-6-8-2-3-8/h8-9,12H,2-7H2,1H3. The van der Waals surface area contributed by atoms with Gasteiger partial charge in [0.05, 0.1) is 6.54 Å². The number of nitrogens with zero attached hydrogens (tertiary/aromatic N) is 1. The van der Waals surface area contributed by atoms with Crippen molar-refractivity contribution in [1.82, 2.24) is 10.2 Å². The van der Waals surface area contributed by atoms with Gasteiger partial charge in [0.2, 0.25) is 0 Å². The Kier molecular flexibility index (Phi) is 4.59. The fourth-order valence-electron chi connectivity index (χ4n) is 1.22. The lowest BCUT2D eigenvalue weighted by molar-refractivity contribution is 0.101. The predicted molar refractivity (Wildman–Crippen MR) is 49.1 cm³/mol. The van der Waals surface area contributed by atoms with Gasteiger partial charge in [0, 0.05) is 13.1 Å². The average Bonchev–Trinajstić information content (AvgIpc) is 2.80. The molecule has 1 rings (SSSR count). The van der Waals surface area contributed by atoms with Gasteiger partial charge in [0.1, 0.15) is 0 Å². The van der Waals surface area contributed by atoms with Crippen molar-refractivity contribution in [3.05, 3.63) is 0 Å². The van der Waals surface area contributed by atoms with Crippen molar-refractivity contribution in [1.29, 1.82) is 0 Å². The van der Waals surface area contributed by atoms with Gasteiger partial charge in [-0.25, -0.2) is 8.78 Å². The molecule has 0 unspecified atom stereocenters. The highest BCUT2D eigenvalue weighted by molar-refractivity contribution is 4.75. The Morgan fingerprint density at radius 1 is 1.46 bits per heavy atom. The fraction of sp³-hybridized carbons (Fsp3) is 1.00. The highest BCUT2D eigenvalue weighted by atomic mass is 19.3. The zero-order valence-electron chi connectivity index (χ0n) is 8.10. The Balaban J connectivity index is 1.85. The van der Waals surface area contributed by atoms with Crippen molar-refractivity contribution in [2.24, 2.45) is 5.92 Å². The lowest BCUT2D eigenvalue weighted by Crippen LogP contribution is -2.33. The number of rotatable bonds is 7. The van der Waals surface area contributed by atoms with E-state index in [1.807, 2.05) is 0 Å². The number of nitrogens with one attached hydrogen (secondary N) is 1. The first-order valence-corrected chi connectivity index (χ1v) is 4.86. The summed E-state index contributed by atoms with van der Waals surface area (Å²) in [5.41, 5.74) is 0. The van der Waals surface area contributed by atoms with E-state index in [1.54, 1.807) is 11.9 Å². The van der Waals surface area contributed by atoms with E-state index in [2.05, 4.69) is 5.32 Å². The SMILES string of the molecule is CN(CCNCC1CC1)CC(F)F. The Bertz CT molecular complexity index is 138. The summed E-state index contributed by atoms with van der Waals surface area (Å²) < 4.78 is 23.7. The second-order valence-electron chi connectivity index (χ2n) is 3.80. The van der Waals surface area contributed by atoms with Crippen molar-refractivity contribution < 1.29 is 8.78 Å². The van der Waals surface area contributed by atoms with Gasteiger partial charge in [-0.15, -0.1) is 0 Å². The largest absolute Gasteiger partial charge is 0.315 e. The fourth-order valence-corrected chi connectivity index (χ4v) is 1.22. The smallest absolute Gasteiger partial charge is 0.251 e. The van der Waals surface area contributed by atoms with E-state index < -0.39 is 6.43 Å². The first-order valence-electron chi connectivity index (χ1n) is 4.86. The first-order chi connectivity index (χ1) is 6.18. The molecular formula is C9H18F2N2. The maximum absolute atomic E-state index is 11.9. The Hall–Kier alpha value is -0.220. The van der Waals surface area contributed by atoms with E-state index in [-0.39, 0.29) is 6.54 Å². The molecule has 1 fully saturated rings. The molecule has 0 atom stereocenters. The molecule has 0 aromatic rings. The van der Waals surface area contributed by atoms with Crippen molar-refractivity contribution in [2.45, 2.75) is 19.3 Å². The molecule has 0 spiro atoms. The molecule has 0 bridgehead atoms. The van der Waals surface area contributed by atoms with Crippen LogP contribution in [0.5, 0.6) is 0 Å². The van der Waals surface area contributed by atoms with E-state index in [0.717, 1.165) is 19.0 Å². The van der Waals surface area contributed by atoms with Crippen molar-refractivity contribution in [2.75, 3.05) is 33.2 Å². The maximum atomic E-state index is 11.9. The van der Waals surface area contributed by atoms with Crippen molar-refractivity contribution >= 4 is 0 Å². The molecule has 0 aliphatic heterocycles. The lowest BCUT2D eigenvalue weighted by Gasteiger charge is -2.15. The van der Waals surface area contributed by atoms with Gasteiger partial charge in [-0.2, -0.15) is 0 Å². The van der Waals surface area contributed by atoms with Crippen molar-refractivity contribution in [3.63, 3.8) is 0 Å². The van der Waals surface area contributed by atoms with Crippen LogP contribution in [0.25, 0.3) is 0 Å². The summed E-state index contributed by atoms with van der Waals surface area (Å²) in [6.07, 6.45) is 0.452. The highest BCUT2D eigenvalue weighted by Gasteiger charge is 2.20. The van der Waals surface area contributed by atoms with E-state index in [0.29, 0.717) is 6.54 Å². The Labute approximate surface area is 78.3 Å². The summed E-state index contributed by atoms with van der Waals surface area (Å²) in [6.45, 7) is 2.46. The zero-order chi connectivity index (χ0) is 9.68. The molecule has 13 heavy (non-hydrogen) atoms. The van der Waals surface area contributed by atoms with Crippen LogP contribution in [-0.4, -0.2) is 44.6 Å². The minimum Gasteiger partial charge on any atom is -0.315 e. The van der Waals surface area contributed by atoms with Crippen LogP contribution >= 0.6 is 0 Å². The molecule has 1 aliphatic carbocycles. The molecule has 0 heterocycles. The summed E-state index contributed by atoms with van der Waals surface area (Å²) >= 11 is 0. The number of hydrogen-bond acceptors (Lipinski definition) is 2. The summed E-state index contributed by atoms with van der Waals surface area (Å²) in [7, 11) is 1.73. The summed E-state index contributed by atoms with van der Waals surface area (Å²) in [4.78, 5) is 1.66. The maximum Gasteiger partial charge on any atom is 0.251 e. The predicted octanol–water partition coefficient (Wildman–Crippen LogP) is 1.18. The molecule has 1 N–H and O–H groups in total. The van der Waals surface area contributed by atoms with Crippen molar-refractivity contribution in [3.8, 4) is 0 Å². The van der Waals surface area contributed by atoms with Crippen LogP contribution in [0.15, 0.2) is 0 Å². The van der Waals surface area contributed by atoms with E-state index in [4.69, 9.17) is 0 Å². The van der Waals surface area contributed by atoms with E-state index in [1.165, 1.54) is 12.8 Å². The molecule has 0 amide bonds. The highest BCUT2D eigenvalue weighted by Crippen LogP contribution is 2.27. The quantitative estimate of drug-likeness (QED) is 0.609. The Morgan fingerprint density at radius 2 is 2.15 bits per heavy atom. The van der Waals surface area contributed by atoms with Gasteiger partial charge in [-0.3, -0.25) is 4.90 Å². The lowest BCUT2D eigenvalue weighted by atomic mass is 10.4. The van der Waals surface area contributed by atoms with Crippen LogP contribution in [0, 0.1) is 5.92 Å². The van der Waals surface area contributed by atoms with E-state index in [9.17, 15) is 8.78 Å². The molecule has 1 aliphatic rings. The van der Waals surface area contributed by atoms with Crippen LogP contribution in [0.2, 0.25) is 0 Å². The normalized spacial score (nSPS) is 17.3. The molecule has 0 aromatic carbocycles. The summed E-state index contributed by atoms with van der Waals surface area (Å²) in [6, 6.07) is 0. The number of alkyl halides is 2.